The van der Waals surface area contributed by atoms with Gasteiger partial charge in [0.1, 0.15) is 11.9 Å². The standard InChI is InChI=1S/C10H14N4O2S/c1-14(2)8-5-3-7(4-6-8)9-10(11)13-17(15,16)12-9/h3-6,9,12H,1-2H3,(H2,11,13)/t9-/m1/s1. The van der Waals surface area contributed by atoms with E-state index in [0.29, 0.717) is 0 Å². The van der Waals surface area contributed by atoms with Crippen molar-refractivity contribution in [2.45, 2.75) is 6.04 Å². The number of hydrogen-bond acceptors (Lipinski definition) is 4. The molecule has 0 unspecified atom stereocenters. The zero-order valence-corrected chi connectivity index (χ0v) is 10.4. The van der Waals surface area contributed by atoms with Crippen molar-refractivity contribution in [1.29, 1.82) is 0 Å². The number of amidine groups is 1. The second-order valence-electron chi connectivity index (χ2n) is 4.03. The van der Waals surface area contributed by atoms with Gasteiger partial charge < -0.3 is 10.6 Å². The molecule has 92 valence electrons. The van der Waals surface area contributed by atoms with Gasteiger partial charge in [0.25, 0.3) is 0 Å². The van der Waals surface area contributed by atoms with Crippen molar-refractivity contribution < 1.29 is 8.42 Å². The van der Waals surface area contributed by atoms with E-state index in [1.165, 1.54) is 0 Å². The van der Waals surface area contributed by atoms with E-state index < -0.39 is 16.3 Å². The van der Waals surface area contributed by atoms with E-state index in [1.807, 2.05) is 43.3 Å². The lowest BCUT2D eigenvalue weighted by Crippen LogP contribution is -2.28. The quantitative estimate of drug-likeness (QED) is 0.777. The monoisotopic (exact) mass is 254 g/mol. The van der Waals surface area contributed by atoms with E-state index in [-0.39, 0.29) is 5.84 Å². The van der Waals surface area contributed by atoms with Crippen LogP contribution in [0.3, 0.4) is 0 Å². The van der Waals surface area contributed by atoms with Gasteiger partial charge in [-0.05, 0) is 17.7 Å². The Morgan fingerprint density at radius 3 is 2.29 bits per heavy atom. The summed E-state index contributed by atoms with van der Waals surface area (Å²) in [5.41, 5.74) is 7.39. The first-order valence-electron chi connectivity index (χ1n) is 5.04. The van der Waals surface area contributed by atoms with Crippen LogP contribution in [0.15, 0.2) is 28.7 Å². The topological polar surface area (TPSA) is 87.8 Å². The molecule has 6 nitrogen and oxygen atoms in total. The number of anilines is 1. The summed E-state index contributed by atoms with van der Waals surface area (Å²) in [6.45, 7) is 0. The Morgan fingerprint density at radius 2 is 1.88 bits per heavy atom. The molecule has 0 saturated carbocycles. The van der Waals surface area contributed by atoms with Gasteiger partial charge >= 0.3 is 10.2 Å². The molecule has 1 heterocycles. The first-order chi connectivity index (χ1) is 7.89. The van der Waals surface area contributed by atoms with Crippen LogP contribution in [0.4, 0.5) is 5.69 Å². The molecule has 0 fully saturated rings. The van der Waals surface area contributed by atoms with Crippen LogP contribution in [0.25, 0.3) is 0 Å². The lowest BCUT2D eigenvalue weighted by atomic mass is 10.1. The predicted molar refractivity (Wildman–Crippen MR) is 67.2 cm³/mol. The minimum absolute atomic E-state index is 0.0719. The summed E-state index contributed by atoms with van der Waals surface area (Å²) in [5, 5.41) is 0. The van der Waals surface area contributed by atoms with Crippen LogP contribution in [0.1, 0.15) is 11.6 Å². The second kappa shape index (κ2) is 4.01. The smallest absolute Gasteiger partial charge is 0.322 e. The summed E-state index contributed by atoms with van der Waals surface area (Å²) >= 11 is 0. The van der Waals surface area contributed by atoms with E-state index in [9.17, 15) is 8.42 Å². The predicted octanol–water partition coefficient (Wildman–Crippen LogP) is -0.00110. The van der Waals surface area contributed by atoms with Gasteiger partial charge in [0.05, 0.1) is 0 Å². The summed E-state index contributed by atoms with van der Waals surface area (Å²) in [7, 11) is 0.251. The van der Waals surface area contributed by atoms with Gasteiger partial charge in [0.2, 0.25) is 0 Å². The first kappa shape index (κ1) is 11.9. The molecule has 1 aliphatic heterocycles. The maximum atomic E-state index is 11.2. The molecule has 1 aromatic carbocycles. The zero-order chi connectivity index (χ0) is 12.6. The molecule has 0 aromatic heterocycles. The molecule has 0 bridgehead atoms. The Labute approximate surface area is 100 Å². The maximum Gasteiger partial charge on any atom is 0.322 e. The van der Waals surface area contributed by atoms with Crippen LogP contribution < -0.4 is 15.4 Å². The molecule has 0 radical (unpaired) electrons. The van der Waals surface area contributed by atoms with Crippen LogP contribution in [0.5, 0.6) is 0 Å². The molecule has 17 heavy (non-hydrogen) atoms. The van der Waals surface area contributed by atoms with Gasteiger partial charge in [0.15, 0.2) is 0 Å². The van der Waals surface area contributed by atoms with E-state index in [2.05, 4.69) is 9.12 Å². The molecule has 0 amide bonds. The molecular weight excluding hydrogens is 240 g/mol. The van der Waals surface area contributed by atoms with E-state index in [0.717, 1.165) is 11.3 Å². The largest absolute Gasteiger partial charge is 0.385 e. The van der Waals surface area contributed by atoms with Gasteiger partial charge in [-0.15, -0.1) is 4.40 Å². The fourth-order valence-electron chi connectivity index (χ4n) is 1.63. The Hall–Kier alpha value is -1.60. The second-order valence-corrected chi connectivity index (χ2v) is 5.40. The highest BCUT2D eigenvalue weighted by Crippen LogP contribution is 2.22. The molecule has 1 aliphatic rings. The van der Waals surface area contributed by atoms with Crippen LogP contribution in [0, 0.1) is 0 Å². The summed E-state index contributed by atoms with van der Waals surface area (Å²) in [5.74, 6) is 0.0719. The van der Waals surface area contributed by atoms with Gasteiger partial charge in [-0.25, -0.2) is 0 Å². The van der Waals surface area contributed by atoms with Crippen LogP contribution in [-0.2, 0) is 10.2 Å². The normalized spacial score (nSPS) is 22.2. The highest BCUT2D eigenvalue weighted by atomic mass is 32.2. The number of hydrogen-bond donors (Lipinski definition) is 2. The van der Waals surface area contributed by atoms with Crippen molar-refractivity contribution in [2.24, 2.45) is 10.1 Å². The molecule has 7 heteroatoms. The van der Waals surface area contributed by atoms with Gasteiger partial charge in [-0.3, -0.25) is 0 Å². The fraction of sp³-hybridized carbons (Fsp3) is 0.300. The van der Waals surface area contributed by atoms with Crippen molar-refractivity contribution >= 4 is 21.7 Å². The number of nitrogens with two attached hydrogens (primary N) is 1. The summed E-state index contributed by atoms with van der Waals surface area (Å²) < 4.78 is 28.2. The zero-order valence-electron chi connectivity index (χ0n) is 9.58. The SMILES string of the molecule is CN(C)c1ccc([C@H]2NS(=O)(=O)N=C2N)cc1. The molecule has 2 rings (SSSR count). The highest BCUT2D eigenvalue weighted by Gasteiger charge is 2.29. The van der Waals surface area contributed by atoms with E-state index >= 15 is 0 Å². The lowest BCUT2D eigenvalue weighted by Gasteiger charge is -2.14. The molecule has 3 N–H and O–H groups in total. The number of nitrogens with zero attached hydrogens (tertiary/aromatic N) is 2. The third-order valence-corrected chi connectivity index (χ3v) is 3.52. The Morgan fingerprint density at radius 1 is 1.29 bits per heavy atom. The minimum atomic E-state index is -3.62. The Bertz CT molecular complexity index is 548. The van der Waals surface area contributed by atoms with Crippen LogP contribution in [0.2, 0.25) is 0 Å². The molecule has 1 aromatic rings. The third-order valence-electron chi connectivity index (χ3n) is 2.53. The van der Waals surface area contributed by atoms with Crippen molar-refractivity contribution in [2.75, 3.05) is 19.0 Å². The highest BCUT2D eigenvalue weighted by molar-refractivity contribution is 7.88. The number of benzene rings is 1. The molecule has 1 atom stereocenters. The number of rotatable bonds is 2. The average molecular weight is 254 g/mol. The van der Waals surface area contributed by atoms with Crippen molar-refractivity contribution in [3.63, 3.8) is 0 Å². The van der Waals surface area contributed by atoms with Crippen LogP contribution >= 0.6 is 0 Å². The van der Waals surface area contributed by atoms with Gasteiger partial charge in [-0.2, -0.15) is 13.1 Å². The van der Waals surface area contributed by atoms with Crippen molar-refractivity contribution in [3.8, 4) is 0 Å². The maximum absolute atomic E-state index is 11.2. The van der Waals surface area contributed by atoms with E-state index in [4.69, 9.17) is 5.73 Å². The number of nitrogens with one attached hydrogen (secondary N) is 1. The van der Waals surface area contributed by atoms with Crippen molar-refractivity contribution in [3.05, 3.63) is 29.8 Å². The van der Waals surface area contributed by atoms with E-state index in [1.54, 1.807) is 0 Å². The first-order valence-corrected chi connectivity index (χ1v) is 6.48. The Balaban J connectivity index is 2.28. The van der Waals surface area contributed by atoms with Gasteiger partial charge in [-0.1, -0.05) is 12.1 Å². The molecular formula is C10H14N4O2S. The Kier molecular flexibility index (Phi) is 2.80. The molecule has 0 saturated heterocycles. The molecule has 0 spiro atoms. The lowest BCUT2D eigenvalue weighted by molar-refractivity contribution is 0.585. The van der Waals surface area contributed by atoms with Crippen LogP contribution in [-0.4, -0.2) is 28.3 Å². The summed E-state index contributed by atoms with van der Waals surface area (Å²) in [6, 6.07) is 6.90. The van der Waals surface area contributed by atoms with Gasteiger partial charge in [0, 0.05) is 19.8 Å². The summed E-state index contributed by atoms with van der Waals surface area (Å²) in [4.78, 5) is 1.96. The van der Waals surface area contributed by atoms with Crippen molar-refractivity contribution in [1.82, 2.24) is 4.72 Å². The fourth-order valence-corrected chi connectivity index (χ4v) is 2.62. The molecule has 0 aliphatic carbocycles. The average Bonchev–Trinajstić information content (AvgIpc) is 2.52. The third kappa shape index (κ3) is 2.40. The summed E-state index contributed by atoms with van der Waals surface area (Å²) in [6.07, 6.45) is 0. The minimum Gasteiger partial charge on any atom is -0.385 e.